The largest absolute Gasteiger partial charge is 0.462 e. The summed E-state index contributed by atoms with van der Waals surface area (Å²) in [5.41, 5.74) is 3.98. The average Bonchev–Trinajstić information content (AvgIpc) is 2.52. The maximum Gasteiger partial charge on any atom is 0.462 e. The Labute approximate surface area is 159 Å². The van der Waals surface area contributed by atoms with Gasteiger partial charge in [0.05, 0.1) is 0 Å². The summed E-state index contributed by atoms with van der Waals surface area (Å²) in [5.74, 6) is 0. The van der Waals surface area contributed by atoms with Crippen molar-refractivity contribution in [2.45, 2.75) is 78.0 Å². The van der Waals surface area contributed by atoms with Gasteiger partial charge in [0.1, 0.15) is 0 Å². The van der Waals surface area contributed by atoms with Gasteiger partial charge in [0.25, 0.3) is 0 Å². The Bertz CT molecular complexity index is 541. The normalized spacial score (nSPS) is 14.8. The number of unbranched alkanes of at least 4 members (excludes halogenated alkanes) is 1. The van der Waals surface area contributed by atoms with Crippen LogP contribution in [0.15, 0.2) is 34.9 Å². The van der Waals surface area contributed by atoms with E-state index >= 15 is 0 Å². The van der Waals surface area contributed by atoms with Crippen LogP contribution in [-0.2, 0) is 9.36 Å². The Morgan fingerprint density at radius 2 is 1.42 bits per heavy atom. The van der Waals surface area contributed by atoms with Crippen LogP contribution >= 0.6 is 15.7 Å². The lowest BCUT2D eigenvalue weighted by Crippen LogP contribution is -2.09. The second-order valence-corrected chi connectivity index (χ2v) is 10.8. The molecular formula is C19H34O5P2+2. The molecule has 148 valence electrons. The van der Waals surface area contributed by atoms with E-state index < -0.39 is 21.1 Å². The topological polar surface area (TPSA) is 94.8 Å². The van der Waals surface area contributed by atoms with E-state index in [-0.39, 0.29) is 12.4 Å². The molecule has 0 fully saturated rings. The molecule has 0 aliphatic carbocycles. The van der Waals surface area contributed by atoms with Crippen molar-refractivity contribution >= 4 is 21.8 Å². The molecule has 5 nitrogen and oxygen atoms in total. The predicted octanol–water partition coefficient (Wildman–Crippen LogP) is 5.66. The Morgan fingerprint density at radius 1 is 0.923 bits per heavy atom. The van der Waals surface area contributed by atoms with E-state index in [1.165, 1.54) is 16.7 Å². The first-order chi connectivity index (χ1) is 12.1. The first kappa shape index (κ1) is 25.3. The summed E-state index contributed by atoms with van der Waals surface area (Å²) in [6.45, 7) is 8.42. The van der Waals surface area contributed by atoms with Gasteiger partial charge in [0.15, 0.2) is 0 Å². The lowest BCUT2D eigenvalue weighted by atomic mass is 10.1. The van der Waals surface area contributed by atoms with Crippen molar-refractivity contribution in [1.82, 2.24) is 0 Å². The molecule has 0 radical (unpaired) electrons. The zero-order chi connectivity index (χ0) is 20.2. The highest BCUT2D eigenvalue weighted by molar-refractivity contribution is 7.77. The van der Waals surface area contributed by atoms with Gasteiger partial charge < -0.3 is 0 Å². The average molecular weight is 404 g/mol. The second kappa shape index (κ2) is 13.5. The number of rotatable bonds is 13. The molecule has 0 heterocycles. The minimum Gasteiger partial charge on any atom is -0.244 e. The standard InChI is InChI=1S/C19H34O5P2/c1-16(2)9-7-11-18(4)13-8-12-17(3)10-5-6-14-19(25(21)15-20)26(22,23)24/h9-10,13,15,19,22-24H,5-8,11-12,14H2,1-4H3/q+2. The van der Waals surface area contributed by atoms with Crippen molar-refractivity contribution in [3.63, 3.8) is 0 Å². The highest BCUT2D eigenvalue weighted by Crippen LogP contribution is 2.60. The maximum absolute atomic E-state index is 11.5. The van der Waals surface area contributed by atoms with Gasteiger partial charge >= 0.3 is 27.2 Å². The Hall–Kier alpha value is -0.700. The monoisotopic (exact) mass is 404 g/mol. The third-order valence-corrected chi connectivity index (χ3v) is 7.80. The molecule has 0 aliphatic heterocycles. The van der Waals surface area contributed by atoms with Gasteiger partial charge in [-0.15, -0.1) is 0 Å². The van der Waals surface area contributed by atoms with E-state index in [0.29, 0.717) is 12.8 Å². The van der Waals surface area contributed by atoms with Crippen LogP contribution in [0.5, 0.6) is 0 Å². The van der Waals surface area contributed by atoms with Crippen LogP contribution < -0.4 is 0 Å². The minimum absolute atomic E-state index is 0.151. The van der Waals surface area contributed by atoms with Gasteiger partial charge in [-0.1, -0.05) is 39.5 Å². The first-order valence-electron chi connectivity index (χ1n) is 9.00. The van der Waals surface area contributed by atoms with E-state index in [9.17, 15) is 24.0 Å². The Kier molecular flexibility index (Phi) is 13.1. The fourth-order valence-electron chi connectivity index (χ4n) is 2.51. The molecule has 0 amide bonds. The molecular weight excluding hydrogens is 370 g/mol. The molecule has 2 unspecified atom stereocenters. The summed E-state index contributed by atoms with van der Waals surface area (Å²) in [4.78, 5) is 38.5. The van der Waals surface area contributed by atoms with Crippen molar-refractivity contribution in [3.05, 3.63) is 34.9 Å². The van der Waals surface area contributed by atoms with Gasteiger partial charge in [-0.25, -0.2) is 4.79 Å². The fourth-order valence-corrected chi connectivity index (χ4v) is 5.00. The van der Waals surface area contributed by atoms with Crippen molar-refractivity contribution in [2.24, 2.45) is 0 Å². The highest BCUT2D eigenvalue weighted by atomic mass is 31.2. The third kappa shape index (κ3) is 12.6. The Morgan fingerprint density at radius 3 is 1.88 bits per heavy atom. The number of carbonyl (C=O) groups excluding carboxylic acids is 1. The fraction of sp³-hybridized carbons (Fsp3) is 0.632. The van der Waals surface area contributed by atoms with Crippen LogP contribution in [0, 0.1) is 0 Å². The van der Waals surface area contributed by atoms with Crippen LogP contribution in [-0.4, -0.2) is 26.1 Å². The lowest BCUT2D eigenvalue weighted by molar-refractivity contribution is 0.323. The summed E-state index contributed by atoms with van der Waals surface area (Å²) in [7, 11) is -6.71. The quantitative estimate of drug-likeness (QED) is 0.159. The molecule has 7 heteroatoms. The van der Waals surface area contributed by atoms with Crippen LogP contribution in [0.25, 0.3) is 0 Å². The molecule has 0 saturated carbocycles. The molecule has 0 bridgehead atoms. The number of carbonyl (C=O) groups is 1. The summed E-state index contributed by atoms with van der Waals surface area (Å²) >= 11 is 0. The molecule has 0 aromatic heterocycles. The molecule has 2 atom stereocenters. The second-order valence-electron chi connectivity index (χ2n) is 6.95. The van der Waals surface area contributed by atoms with Crippen molar-refractivity contribution in [1.29, 1.82) is 0 Å². The van der Waals surface area contributed by atoms with E-state index in [2.05, 4.69) is 45.9 Å². The molecule has 3 N–H and O–H groups in total. The maximum atomic E-state index is 11.5. The van der Waals surface area contributed by atoms with Crippen molar-refractivity contribution in [3.8, 4) is 0 Å². The van der Waals surface area contributed by atoms with Crippen LogP contribution in [0.1, 0.15) is 72.6 Å². The van der Waals surface area contributed by atoms with Gasteiger partial charge in [-0.3, -0.25) is 0 Å². The van der Waals surface area contributed by atoms with Gasteiger partial charge in [0.2, 0.25) is 0 Å². The summed E-state index contributed by atoms with van der Waals surface area (Å²) < 4.78 is 11.5. The molecule has 0 aromatic rings. The van der Waals surface area contributed by atoms with Gasteiger partial charge in [0, 0.05) is 6.42 Å². The number of allylic oxidation sites excluding steroid dienone is 6. The van der Waals surface area contributed by atoms with Crippen LogP contribution in [0.3, 0.4) is 0 Å². The minimum atomic E-state index is -4.25. The first-order valence-corrected chi connectivity index (χ1v) is 12.1. The molecule has 26 heavy (non-hydrogen) atoms. The van der Waals surface area contributed by atoms with Gasteiger partial charge in [-0.05, 0) is 66.2 Å². The zero-order valence-corrected chi connectivity index (χ0v) is 18.2. The van der Waals surface area contributed by atoms with Crippen molar-refractivity contribution in [2.75, 3.05) is 0 Å². The summed E-state index contributed by atoms with van der Waals surface area (Å²) in [6.07, 6.45) is 12.1. The smallest absolute Gasteiger partial charge is 0.244 e. The number of hydrogen-bond acceptors (Lipinski definition) is 5. The van der Waals surface area contributed by atoms with E-state index in [0.717, 1.165) is 25.7 Å². The molecule has 0 aromatic carbocycles. The van der Waals surface area contributed by atoms with Crippen LogP contribution in [0.2, 0.25) is 0 Å². The Balaban J connectivity index is 4.23. The van der Waals surface area contributed by atoms with E-state index in [1.807, 2.05) is 0 Å². The molecule has 0 saturated heterocycles. The van der Waals surface area contributed by atoms with Crippen LogP contribution in [0.4, 0.5) is 0 Å². The van der Waals surface area contributed by atoms with Gasteiger partial charge in [-0.2, -0.15) is 14.7 Å². The summed E-state index contributed by atoms with van der Waals surface area (Å²) in [5, 5.41) is -1.24. The molecule has 0 spiro atoms. The third-order valence-electron chi connectivity index (χ3n) is 4.08. The SMILES string of the molecule is CC(C)=CCCC(C)=CCCC(C)=CCCCC([P+](=O)C=O)[P+](O)(O)O. The zero-order valence-electron chi connectivity index (χ0n) is 16.4. The van der Waals surface area contributed by atoms with E-state index in [1.54, 1.807) is 0 Å². The lowest BCUT2D eigenvalue weighted by Gasteiger charge is -2.07. The summed E-state index contributed by atoms with van der Waals surface area (Å²) in [6, 6.07) is 0.185. The highest BCUT2D eigenvalue weighted by Gasteiger charge is 2.56. The molecule has 0 rings (SSSR count). The van der Waals surface area contributed by atoms with E-state index in [4.69, 9.17) is 0 Å². The molecule has 0 aliphatic rings. The van der Waals surface area contributed by atoms with Crippen molar-refractivity contribution < 1.29 is 24.0 Å². The number of hydrogen-bond donors (Lipinski definition) is 3. The predicted molar refractivity (Wildman–Crippen MR) is 111 cm³/mol.